The second kappa shape index (κ2) is 18.6. The zero-order valence-corrected chi connectivity index (χ0v) is 20.4. The summed E-state index contributed by atoms with van der Waals surface area (Å²) in [6.07, 6.45) is 5.83. The highest BCUT2D eigenvalue weighted by Crippen LogP contribution is 2.26. The van der Waals surface area contributed by atoms with Gasteiger partial charge in [0.2, 0.25) is 0 Å². The molecule has 0 amide bonds. The Labute approximate surface area is 192 Å². The monoisotopic (exact) mass is 458 g/mol. The Hall–Kier alpha value is -1.96. The van der Waals surface area contributed by atoms with Crippen LogP contribution in [0, 0.1) is 0 Å². The van der Waals surface area contributed by atoms with Gasteiger partial charge in [0.1, 0.15) is 0 Å². The summed E-state index contributed by atoms with van der Waals surface area (Å²) in [5.41, 5.74) is -1.88. The van der Waals surface area contributed by atoms with Crippen LogP contribution in [0.4, 0.5) is 0 Å². The minimum absolute atomic E-state index is 0.114. The molecule has 0 fully saturated rings. The highest BCUT2D eigenvalue weighted by Gasteiger charge is 2.46. The first-order valence-electron chi connectivity index (χ1n) is 12.0. The highest BCUT2D eigenvalue weighted by molar-refractivity contribution is 5.93. The van der Waals surface area contributed by atoms with Gasteiger partial charge in [0.25, 0.3) is 0 Å². The van der Waals surface area contributed by atoms with Crippen molar-refractivity contribution in [3.8, 4) is 0 Å². The number of hydrogen-bond donors (Lipinski definition) is 0. The van der Waals surface area contributed by atoms with Gasteiger partial charge in [-0.15, -0.1) is 0 Å². The number of unbranched alkanes of at least 4 members (excludes halogenated alkanes) is 5. The number of ether oxygens (including phenoxy) is 4. The molecule has 0 heterocycles. The number of carbonyl (C=O) groups is 4. The summed E-state index contributed by atoms with van der Waals surface area (Å²) >= 11 is 0. The molecule has 1 unspecified atom stereocenters. The topological polar surface area (TPSA) is 105 Å². The quantitative estimate of drug-likeness (QED) is 0.119. The highest BCUT2D eigenvalue weighted by atomic mass is 16.6. The zero-order chi connectivity index (χ0) is 24.2. The molecule has 0 aromatic heterocycles. The van der Waals surface area contributed by atoms with Crippen molar-refractivity contribution in [1.29, 1.82) is 0 Å². The summed E-state index contributed by atoms with van der Waals surface area (Å²) in [5.74, 6) is -3.05. The largest absolute Gasteiger partial charge is 0.466 e. The standard InChI is InChI=1S/C24H42O8/c1-5-9-13-14-20(25)32-22(27)19-24(31-17-12-8-4,23(28)30-16-11-7-3)18-21(26)29-15-10-6-2/h5-19H2,1-4H3. The minimum atomic E-state index is -1.88. The zero-order valence-electron chi connectivity index (χ0n) is 20.4. The molecule has 8 heteroatoms. The van der Waals surface area contributed by atoms with Gasteiger partial charge in [-0.1, -0.05) is 59.8 Å². The predicted octanol–water partition coefficient (Wildman–Crippen LogP) is 4.66. The van der Waals surface area contributed by atoms with Crippen molar-refractivity contribution in [1.82, 2.24) is 0 Å². The van der Waals surface area contributed by atoms with E-state index >= 15 is 0 Å². The van der Waals surface area contributed by atoms with Crippen molar-refractivity contribution in [2.45, 2.75) is 110 Å². The summed E-state index contributed by atoms with van der Waals surface area (Å²) < 4.78 is 21.2. The summed E-state index contributed by atoms with van der Waals surface area (Å²) in [6.45, 7) is 8.38. The third kappa shape index (κ3) is 13.5. The number of hydrogen-bond acceptors (Lipinski definition) is 8. The van der Waals surface area contributed by atoms with E-state index in [-0.39, 0.29) is 26.2 Å². The second-order valence-electron chi connectivity index (χ2n) is 7.92. The van der Waals surface area contributed by atoms with Crippen molar-refractivity contribution in [2.75, 3.05) is 19.8 Å². The molecule has 0 aliphatic heterocycles. The fraction of sp³-hybridized carbons (Fsp3) is 0.833. The lowest BCUT2D eigenvalue weighted by Crippen LogP contribution is -2.48. The van der Waals surface area contributed by atoms with Crippen molar-refractivity contribution in [2.24, 2.45) is 0 Å². The van der Waals surface area contributed by atoms with Gasteiger partial charge in [0.15, 0.2) is 5.60 Å². The molecule has 186 valence electrons. The predicted molar refractivity (Wildman–Crippen MR) is 120 cm³/mol. The molecule has 0 spiro atoms. The van der Waals surface area contributed by atoms with Crippen molar-refractivity contribution in [3.05, 3.63) is 0 Å². The third-order valence-corrected chi connectivity index (χ3v) is 4.81. The number of esters is 4. The van der Waals surface area contributed by atoms with Crippen LogP contribution in [0.1, 0.15) is 105 Å². The molecule has 32 heavy (non-hydrogen) atoms. The molecule has 0 N–H and O–H groups in total. The third-order valence-electron chi connectivity index (χ3n) is 4.81. The van der Waals surface area contributed by atoms with Gasteiger partial charge in [-0.2, -0.15) is 0 Å². The van der Waals surface area contributed by atoms with Gasteiger partial charge >= 0.3 is 23.9 Å². The maximum Gasteiger partial charge on any atom is 0.339 e. The Kier molecular flexibility index (Phi) is 17.5. The maximum atomic E-state index is 13.0. The van der Waals surface area contributed by atoms with E-state index < -0.39 is 42.3 Å². The van der Waals surface area contributed by atoms with Crippen LogP contribution in [0.25, 0.3) is 0 Å². The summed E-state index contributed by atoms with van der Waals surface area (Å²) in [5, 5.41) is 0. The first-order chi connectivity index (χ1) is 15.3. The SMILES string of the molecule is CCCCCC(=O)OC(=O)CC(CC(=O)OCCCC)(OCCCC)C(=O)OCCCC. The van der Waals surface area contributed by atoms with E-state index in [2.05, 4.69) is 0 Å². The fourth-order valence-electron chi connectivity index (χ4n) is 2.80. The molecule has 0 radical (unpaired) electrons. The number of rotatable bonds is 19. The Morgan fingerprint density at radius 1 is 0.594 bits per heavy atom. The molecule has 0 aromatic carbocycles. The average Bonchev–Trinajstić information content (AvgIpc) is 2.74. The lowest BCUT2D eigenvalue weighted by atomic mass is 9.94. The van der Waals surface area contributed by atoms with E-state index in [0.29, 0.717) is 25.7 Å². The van der Waals surface area contributed by atoms with Crippen molar-refractivity contribution in [3.63, 3.8) is 0 Å². The van der Waals surface area contributed by atoms with Crippen LogP contribution in [0.2, 0.25) is 0 Å². The number of carbonyl (C=O) groups excluding carboxylic acids is 4. The van der Waals surface area contributed by atoms with Crippen molar-refractivity contribution < 1.29 is 38.1 Å². The molecule has 8 nitrogen and oxygen atoms in total. The molecule has 0 aliphatic carbocycles. The van der Waals surface area contributed by atoms with Crippen LogP contribution in [-0.2, 0) is 38.1 Å². The smallest absolute Gasteiger partial charge is 0.339 e. The first kappa shape index (κ1) is 30.0. The van der Waals surface area contributed by atoms with Gasteiger partial charge < -0.3 is 18.9 Å². The van der Waals surface area contributed by atoms with E-state index in [1.165, 1.54) is 0 Å². The minimum Gasteiger partial charge on any atom is -0.466 e. The first-order valence-corrected chi connectivity index (χ1v) is 12.0. The summed E-state index contributed by atoms with van der Waals surface area (Å²) in [7, 11) is 0. The molecule has 0 rings (SSSR count). The molecule has 0 aliphatic rings. The van der Waals surface area contributed by atoms with Gasteiger partial charge in [0, 0.05) is 13.0 Å². The average molecular weight is 459 g/mol. The van der Waals surface area contributed by atoms with E-state index in [1.807, 2.05) is 27.7 Å². The molecule has 1 atom stereocenters. The molecule has 0 saturated carbocycles. The molecular formula is C24H42O8. The van der Waals surface area contributed by atoms with E-state index in [4.69, 9.17) is 18.9 Å². The molecular weight excluding hydrogens is 416 g/mol. The molecule has 0 bridgehead atoms. The van der Waals surface area contributed by atoms with Crippen molar-refractivity contribution >= 4 is 23.9 Å². The second-order valence-corrected chi connectivity index (χ2v) is 7.92. The van der Waals surface area contributed by atoms with Gasteiger partial charge in [0.05, 0.1) is 26.1 Å². The summed E-state index contributed by atoms with van der Waals surface area (Å²) in [6, 6.07) is 0. The normalized spacial score (nSPS) is 12.6. The van der Waals surface area contributed by atoms with E-state index in [1.54, 1.807) is 0 Å². The maximum absolute atomic E-state index is 13.0. The van der Waals surface area contributed by atoms with Gasteiger partial charge in [-0.3, -0.25) is 14.4 Å². The fourth-order valence-corrected chi connectivity index (χ4v) is 2.80. The van der Waals surface area contributed by atoms with E-state index in [0.717, 1.165) is 32.1 Å². The van der Waals surface area contributed by atoms with Crippen LogP contribution in [-0.4, -0.2) is 49.3 Å². The Bertz CT molecular complexity index is 560. The Balaban J connectivity index is 5.47. The van der Waals surface area contributed by atoms with Crippen LogP contribution in [0.5, 0.6) is 0 Å². The van der Waals surface area contributed by atoms with Crippen LogP contribution in [0.3, 0.4) is 0 Å². The van der Waals surface area contributed by atoms with Crippen LogP contribution < -0.4 is 0 Å². The van der Waals surface area contributed by atoms with Gasteiger partial charge in [-0.25, -0.2) is 4.79 Å². The lowest BCUT2D eigenvalue weighted by molar-refractivity contribution is -0.187. The molecule has 0 aromatic rings. The van der Waals surface area contributed by atoms with Crippen LogP contribution >= 0.6 is 0 Å². The lowest BCUT2D eigenvalue weighted by Gasteiger charge is -2.30. The van der Waals surface area contributed by atoms with Gasteiger partial charge in [-0.05, 0) is 25.7 Å². The van der Waals surface area contributed by atoms with E-state index in [9.17, 15) is 19.2 Å². The Morgan fingerprint density at radius 3 is 1.72 bits per heavy atom. The Morgan fingerprint density at radius 2 is 1.12 bits per heavy atom. The molecule has 0 saturated heterocycles. The van der Waals surface area contributed by atoms with Crippen LogP contribution in [0.15, 0.2) is 0 Å². The summed E-state index contributed by atoms with van der Waals surface area (Å²) in [4.78, 5) is 49.9.